The van der Waals surface area contributed by atoms with Crippen molar-refractivity contribution < 1.29 is 9.90 Å². The SMILES string of the molecule is Cc1cn([C@@H]2CCCN(C(=O)O)C2)c(=O)cn1. The van der Waals surface area contributed by atoms with E-state index in [0.717, 1.165) is 18.5 Å². The van der Waals surface area contributed by atoms with Gasteiger partial charge in [0.2, 0.25) is 0 Å². The minimum atomic E-state index is -0.923. The van der Waals surface area contributed by atoms with Gasteiger partial charge in [-0.2, -0.15) is 0 Å². The number of aryl methyl sites for hydroxylation is 1. The highest BCUT2D eigenvalue weighted by Gasteiger charge is 2.24. The van der Waals surface area contributed by atoms with Gasteiger partial charge in [0.1, 0.15) is 0 Å². The third-order valence-electron chi connectivity index (χ3n) is 3.02. The topological polar surface area (TPSA) is 75.4 Å². The lowest BCUT2D eigenvalue weighted by Gasteiger charge is -2.31. The van der Waals surface area contributed by atoms with Crippen LogP contribution in [0.15, 0.2) is 17.2 Å². The smallest absolute Gasteiger partial charge is 0.407 e. The second kappa shape index (κ2) is 4.57. The molecule has 1 fully saturated rings. The van der Waals surface area contributed by atoms with E-state index in [0.29, 0.717) is 13.1 Å². The average molecular weight is 237 g/mol. The van der Waals surface area contributed by atoms with Gasteiger partial charge in [0.15, 0.2) is 0 Å². The molecule has 17 heavy (non-hydrogen) atoms. The zero-order chi connectivity index (χ0) is 12.4. The molecule has 0 spiro atoms. The molecule has 92 valence electrons. The first-order valence-electron chi connectivity index (χ1n) is 5.60. The molecular weight excluding hydrogens is 222 g/mol. The van der Waals surface area contributed by atoms with Crippen LogP contribution >= 0.6 is 0 Å². The molecule has 0 aliphatic carbocycles. The van der Waals surface area contributed by atoms with Crippen molar-refractivity contribution in [3.05, 3.63) is 28.4 Å². The van der Waals surface area contributed by atoms with Gasteiger partial charge in [0, 0.05) is 19.3 Å². The quantitative estimate of drug-likeness (QED) is 0.786. The molecule has 6 heteroatoms. The van der Waals surface area contributed by atoms with Crippen molar-refractivity contribution in [2.75, 3.05) is 13.1 Å². The lowest BCUT2D eigenvalue weighted by atomic mass is 10.1. The van der Waals surface area contributed by atoms with E-state index in [-0.39, 0.29) is 11.6 Å². The van der Waals surface area contributed by atoms with Crippen molar-refractivity contribution in [1.29, 1.82) is 0 Å². The van der Waals surface area contributed by atoms with Crippen LogP contribution in [0.3, 0.4) is 0 Å². The summed E-state index contributed by atoms with van der Waals surface area (Å²) in [7, 11) is 0. The molecule has 1 aliphatic heterocycles. The van der Waals surface area contributed by atoms with Gasteiger partial charge in [-0.05, 0) is 19.8 Å². The van der Waals surface area contributed by atoms with Gasteiger partial charge in [-0.1, -0.05) is 0 Å². The Morgan fingerprint density at radius 3 is 3.06 bits per heavy atom. The van der Waals surface area contributed by atoms with Crippen molar-refractivity contribution in [2.24, 2.45) is 0 Å². The Morgan fingerprint density at radius 2 is 2.35 bits per heavy atom. The molecular formula is C11H15N3O3. The molecule has 1 aliphatic rings. The van der Waals surface area contributed by atoms with E-state index in [2.05, 4.69) is 4.98 Å². The molecule has 0 aromatic carbocycles. The maximum absolute atomic E-state index is 11.7. The van der Waals surface area contributed by atoms with Crippen molar-refractivity contribution in [3.8, 4) is 0 Å². The average Bonchev–Trinajstić information content (AvgIpc) is 2.32. The van der Waals surface area contributed by atoms with Crippen molar-refractivity contribution in [2.45, 2.75) is 25.8 Å². The van der Waals surface area contributed by atoms with Crippen molar-refractivity contribution in [1.82, 2.24) is 14.5 Å². The highest BCUT2D eigenvalue weighted by Crippen LogP contribution is 2.19. The van der Waals surface area contributed by atoms with Crippen LogP contribution in [-0.4, -0.2) is 38.7 Å². The number of amides is 1. The molecule has 1 aromatic rings. The van der Waals surface area contributed by atoms with Crippen LogP contribution in [0.5, 0.6) is 0 Å². The Kier molecular flexibility index (Phi) is 3.12. The fourth-order valence-corrected chi connectivity index (χ4v) is 2.16. The number of rotatable bonds is 1. The number of hydrogen-bond acceptors (Lipinski definition) is 3. The first-order chi connectivity index (χ1) is 8.08. The fourth-order valence-electron chi connectivity index (χ4n) is 2.16. The normalized spacial score (nSPS) is 20.3. The Balaban J connectivity index is 2.24. The van der Waals surface area contributed by atoms with Crippen LogP contribution < -0.4 is 5.56 Å². The van der Waals surface area contributed by atoms with Gasteiger partial charge in [-0.3, -0.25) is 9.78 Å². The summed E-state index contributed by atoms with van der Waals surface area (Å²) in [6.45, 7) is 2.73. The van der Waals surface area contributed by atoms with E-state index in [1.807, 2.05) is 6.92 Å². The van der Waals surface area contributed by atoms with Crippen molar-refractivity contribution in [3.63, 3.8) is 0 Å². The molecule has 2 heterocycles. The van der Waals surface area contributed by atoms with Gasteiger partial charge in [-0.15, -0.1) is 0 Å². The number of aromatic nitrogens is 2. The molecule has 1 aromatic heterocycles. The molecule has 0 radical (unpaired) electrons. The molecule has 6 nitrogen and oxygen atoms in total. The monoisotopic (exact) mass is 237 g/mol. The molecule has 1 N–H and O–H groups in total. The summed E-state index contributed by atoms with van der Waals surface area (Å²) in [5, 5.41) is 8.95. The van der Waals surface area contributed by atoms with Gasteiger partial charge in [0.25, 0.3) is 5.56 Å². The van der Waals surface area contributed by atoms with Crippen LogP contribution in [0, 0.1) is 6.92 Å². The summed E-state index contributed by atoms with van der Waals surface area (Å²) in [5.41, 5.74) is 0.588. The van der Waals surface area contributed by atoms with E-state index in [1.165, 1.54) is 11.1 Å². The second-order valence-electron chi connectivity index (χ2n) is 4.30. The number of nitrogens with zero attached hydrogens (tertiary/aromatic N) is 3. The number of carboxylic acid groups (broad SMARTS) is 1. The lowest BCUT2D eigenvalue weighted by molar-refractivity contribution is 0.121. The fraction of sp³-hybridized carbons (Fsp3) is 0.545. The molecule has 1 atom stereocenters. The standard InChI is InChI=1S/C11H15N3O3/c1-8-6-14(10(15)5-12-8)9-3-2-4-13(7-9)11(16)17/h5-6,9H,2-4,7H2,1H3,(H,16,17)/t9-/m1/s1. The van der Waals surface area contributed by atoms with Crippen LogP contribution in [0.25, 0.3) is 0 Å². The largest absolute Gasteiger partial charge is 0.465 e. The van der Waals surface area contributed by atoms with Crippen LogP contribution in [0.2, 0.25) is 0 Å². The van der Waals surface area contributed by atoms with Gasteiger partial charge >= 0.3 is 6.09 Å². The van der Waals surface area contributed by atoms with Gasteiger partial charge in [0.05, 0.1) is 17.9 Å². The summed E-state index contributed by atoms with van der Waals surface area (Å²) >= 11 is 0. The van der Waals surface area contributed by atoms with E-state index < -0.39 is 6.09 Å². The van der Waals surface area contributed by atoms with Crippen LogP contribution in [0.1, 0.15) is 24.6 Å². The number of carbonyl (C=O) groups is 1. The first-order valence-corrected chi connectivity index (χ1v) is 5.60. The Labute approximate surface area is 98.5 Å². The van der Waals surface area contributed by atoms with Crippen LogP contribution in [-0.2, 0) is 0 Å². The summed E-state index contributed by atoms with van der Waals surface area (Å²) in [6.07, 6.45) is 3.67. The van der Waals surface area contributed by atoms with E-state index in [9.17, 15) is 9.59 Å². The number of likely N-dealkylation sites (tertiary alicyclic amines) is 1. The summed E-state index contributed by atoms with van der Waals surface area (Å²) in [6, 6.07) is -0.0750. The van der Waals surface area contributed by atoms with Gasteiger partial charge in [-0.25, -0.2) is 4.79 Å². The highest BCUT2D eigenvalue weighted by molar-refractivity contribution is 5.65. The molecule has 1 amide bonds. The molecule has 0 unspecified atom stereocenters. The van der Waals surface area contributed by atoms with Crippen LogP contribution in [0.4, 0.5) is 4.79 Å². The minimum Gasteiger partial charge on any atom is -0.465 e. The second-order valence-corrected chi connectivity index (χ2v) is 4.30. The third kappa shape index (κ3) is 2.46. The van der Waals surface area contributed by atoms with Gasteiger partial charge < -0.3 is 14.6 Å². The van der Waals surface area contributed by atoms with E-state index in [4.69, 9.17) is 5.11 Å². The summed E-state index contributed by atoms with van der Waals surface area (Å²) in [5.74, 6) is 0. The molecule has 0 bridgehead atoms. The molecule has 0 saturated carbocycles. The first kappa shape index (κ1) is 11.6. The maximum atomic E-state index is 11.7. The van der Waals surface area contributed by atoms with E-state index >= 15 is 0 Å². The zero-order valence-electron chi connectivity index (χ0n) is 9.67. The zero-order valence-corrected chi connectivity index (χ0v) is 9.67. The third-order valence-corrected chi connectivity index (χ3v) is 3.02. The summed E-state index contributed by atoms with van der Waals surface area (Å²) < 4.78 is 1.59. The Bertz CT molecular complexity index is 483. The van der Waals surface area contributed by atoms with E-state index in [1.54, 1.807) is 10.8 Å². The highest BCUT2D eigenvalue weighted by atomic mass is 16.4. The Hall–Kier alpha value is -1.85. The molecule has 1 saturated heterocycles. The van der Waals surface area contributed by atoms with Crippen molar-refractivity contribution >= 4 is 6.09 Å². The lowest BCUT2D eigenvalue weighted by Crippen LogP contribution is -2.42. The summed E-state index contributed by atoms with van der Waals surface area (Å²) in [4.78, 5) is 27.9. The maximum Gasteiger partial charge on any atom is 0.407 e. The number of hydrogen-bond donors (Lipinski definition) is 1. The number of piperidine rings is 1. The Morgan fingerprint density at radius 1 is 1.59 bits per heavy atom. The minimum absolute atomic E-state index is 0.0750. The predicted molar refractivity (Wildman–Crippen MR) is 61.1 cm³/mol. The predicted octanol–water partition coefficient (Wildman–Crippen LogP) is 0.867. The molecule has 2 rings (SSSR count).